The summed E-state index contributed by atoms with van der Waals surface area (Å²) in [4.78, 5) is 75.8. The fraction of sp³-hybridized carbons (Fsp3) is 0.333. The van der Waals surface area contributed by atoms with E-state index in [0.717, 1.165) is 62.6 Å². The standard InChI is InChI=1S/2C18H23N10.4ClHO4.2Co.H2O/c2*1-2-23-16(22-1)13-19-7-10-28(11-8-20-14-17-24-3-4-25-17)12-9-21-15-18-26-5-6-27-18;4*2-1(3,4)5;;;/h2*1-6,13-15H,7-12H2,(H2-,22,23,24,25,26,27);4*(H,2,3,4,5);;;1H2/q2*-1;;;;;2*+3;/p-4. The molecule has 0 fully saturated rings. The molecule has 0 aliphatic rings. The Balaban J connectivity index is -0.00000106. The molecule has 0 saturated carbocycles. The van der Waals surface area contributed by atoms with Crippen molar-refractivity contribution in [2.45, 2.75) is 0 Å². The van der Waals surface area contributed by atoms with Gasteiger partial charge in [-0.1, -0.05) is 24.8 Å². The van der Waals surface area contributed by atoms with E-state index >= 15 is 0 Å². The van der Waals surface area contributed by atoms with Crippen molar-refractivity contribution >= 4 is 37.3 Å². The molecule has 0 aromatic carbocycles. The predicted molar refractivity (Wildman–Crippen MR) is 221 cm³/mol. The maximum Gasteiger partial charge on any atom is 3.00 e. The zero-order valence-corrected chi connectivity index (χ0v) is 45.3. The van der Waals surface area contributed by atoms with Crippen molar-refractivity contribution in [1.82, 2.24) is 69.6 Å². The first-order valence-corrected chi connectivity index (χ1v) is 25.5. The number of hydrogen-bond acceptors (Lipinski definition) is 30. The van der Waals surface area contributed by atoms with E-state index in [0.29, 0.717) is 50.9 Å². The molecular formula is C36H48Cl4Co2N20O17. The number of halogens is 4. The van der Waals surface area contributed by atoms with Crippen LogP contribution in [-0.2, 0) is 33.6 Å². The largest absolute Gasteiger partial charge is 3.00 e. The summed E-state index contributed by atoms with van der Waals surface area (Å²) in [5.74, 6) is 4.31. The minimum atomic E-state index is -4.94. The summed E-state index contributed by atoms with van der Waals surface area (Å²) >= 11 is 0. The van der Waals surface area contributed by atoms with Crippen LogP contribution >= 0.6 is 0 Å². The average molecular weight is 1290 g/mol. The van der Waals surface area contributed by atoms with Gasteiger partial charge < -0.3 is 45.3 Å². The molecule has 0 amide bonds. The zero-order chi connectivity index (χ0) is 56.6. The molecule has 6 aromatic heterocycles. The first-order valence-electron chi connectivity index (χ1n) is 20.6. The van der Waals surface area contributed by atoms with Gasteiger partial charge in [0.1, 0.15) is 23.3 Å². The van der Waals surface area contributed by atoms with Gasteiger partial charge in [-0.15, -0.1) is 41.0 Å². The Bertz CT molecular complexity index is 1980. The van der Waals surface area contributed by atoms with Crippen molar-refractivity contribution in [3.05, 3.63) is 109 Å². The van der Waals surface area contributed by atoms with Crippen molar-refractivity contribution in [3.8, 4) is 0 Å². The molecule has 0 aliphatic carbocycles. The number of imidazole rings is 6. The summed E-state index contributed by atoms with van der Waals surface area (Å²) in [7, 11) is -19.8. The molecule has 6 heterocycles. The van der Waals surface area contributed by atoms with Crippen LogP contribution in [0.2, 0.25) is 0 Å². The van der Waals surface area contributed by atoms with Crippen LogP contribution in [0, 0.1) is 41.0 Å². The number of nitrogens with one attached hydrogen (secondary N) is 4. The molecule has 37 nitrogen and oxygen atoms in total. The summed E-state index contributed by atoms with van der Waals surface area (Å²) in [6.45, 7) is 8.93. The topological polar surface area (TPSA) is 650 Å². The van der Waals surface area contributed by atoms with Gasteiger partial charge in [0.05, 0.1) is 64.1 Å². The van der Waals surface area contributed by atoms with Gasteiger partial charge in [0.25, 0.3) is 0 Å². The predicted octanol–water partition coefficient (Wildman–Crippen LogP) is -19.0. The molecular weight excluding hydrogens is 1240 g/mol. The number of rotatable bonds is 24. The Morgan fingerprint density at radius 1 is 0.354 bits per heavy atom. The number of hydrogen-bond donors (Lipinski definition) is 4. The minimum absolute atomic E-state index is 0. The Morgan fingerprint density at radius 2 is 0.557 bits per heavy atom. The molecule has 0 saturated heterocycles. The van der Waals surface area contributed by atoms with E-state index in [1.54, 1.807) is 112 Å². The maximum atomic E-state index is 8.49. The normalized spacial score (nSPS) is 11.8. The molecule has 0 unspecified atom stereocenters. The van der Waals surface area contributed by atoms with Crippen LogP contribution in [0.1, 0.15) is 34.9 Å². The molecule has 6 N–H and O–H groups in total. The quantitative estimate of drug-likeness (QED) is 0.0409. The number of nitrogens with zero attached hydrogens (tertiary/aromatic N) is 16. The van der Waals surface area contributed by atoms with Gasteiger partial charge in [-0.05, 0) is 11.6 Å². The number of aromatic nitrogens is 12. The van der Waals surface area contributed by atoms with Gasteiger partial charge in [-0.25, -0.2) is 94.5 Å². The monoisotopic (exact) mass is 1290 g/mol. The fourth-order valence-corrected chi connectivity index (χ4v) is 4.79. The van der Waals surface area contributed by atoms with Crippen LogP contribution in [0.3, 0.4) is 0 Å². The second-order valence-electron chi connectivity index (χ2n) is 13.1. The number of aromatic amines is 4. The first kappa shape index (κ1) is 77.9. The van der Waals surface area contributed by atoms with E-state index in [9.17, 15) is 0 Å². The molecule has 79 heavy (non-hydrogen) atoms. The Morgan fingerprint density at radius 3 is 0.722 bits per heavy atom. The molecule has 0 bridgehead atoms. The van der Waals surface area contributed by atoms with Crippen LogP contribution < -0.4 is 84.5 Å². The Labute approximate surface area is 476 Å². The third-order valence-electron chi connectivity index (χ3n) is 7.58. The minimum Gasteiger partial charge on any atom is -0.442 e. The molecule has 0 radical (unpaired) electrons. The van der Waals surface area contributed by atoms with Crippen molar-refractivity contribution in [2.24, 2.45) is 30.0 Å². The van der Waals surface area contributed by atoms with Gasteiger partial charge in [-0.2, -0.15) is 0 Å². The summed E-state index contributed by atoms with van der Waals surface area (Å²) in [5.41, 5.74) is 0. The van der Waals surface area contributed by atoms with E-state index in [-0.39, 0.29) is 39.0 Å². The fourth-order valence-electron chi connectivity index (χ4n) is 4.79. The third kappa shape index (κ3) is 58.7. The maximum absolute atomic E-state index is 8.49. The van der Waals surface area contributed by atoms with E-state index in [1.165, 1.54) is 0 Å². The molecule has 0 spiro atoms. The molecule has 0 atom stereocenters. The molecule has 0 aliphatic heterocycles. The Kier molecular flexibility index (Phi) is 44.8. The SMILES string of the molecule is C(=NCCN(CCN=Cc1ncc[nH]1)CCN=Cc1ncc[nH]1)c1ncc[n-]1.C(=NCCN(CCN=Cc1ncc[nH]1)CCN=Cc1ncc[nH]1)c1ncc[n-]1.O.[Co+3].[Co+3].[O-][Cl+3]([O-])([O-])[O-].[O-][Cl+3]([O-])([O-])[O-].[O-][Cl+3]([O-])([O-])[O-].[O-][Cl+3]([O-])([O-])[O-]. The van der Waals surface area contributed by atoms with Crippen LogP contribution in [-0.4, -0.2) is 181 Å². The Hall–Kier alpha value is -5.31. The molecule has 440 valence electrons. The van der Waals surface area contributed by atoms with E-state index in [1.807, 2.05) is 0 Å². The van der Waals surface area contributed by atoms with Crippen molar-refractivity contribution in [3.63, 3.8) is 0 Å². The molecule has 6 aromatic rings. The van der Waals surface area contributed by atoms with Gasteiger partial charge in [0.15, 0.2) is 0 Å². The second kappa shape index (κ2) is 45.4. The van der Waals surface area contributed by atoms with Gasteiger partial charge in [-0.3, -0.25) is 39.8 Å². The van der Waals surface area contributed by atoms with Crippen LogP contribution in [0.4, 0.5) is 0 Å². The van der Waals surface area contributed by atoms with Crippen LogP contribution in [0.5, 0.6) is 0 Å². The van der Waals surface area contributed by atoms with Crippen molar-refractivity contribution in [1.29, 1.82) is 0 Å². The third-order valence-corrected chi connectivity index (χ3v) is 7.58. The summed E-state index contributed by atoms with van der Waals surface area (Å²) in [5, 5.41) is 0. The number of H-pyrrole nitrogens is 4. The first-order chi connectivity index (χ1) is 35.8. The molecule has 43 heteroatoms. The van der Waals surface area contributed by atoms with Gasteiger partial charge in [0, 0.05) is 101 Å². The van der Waals surface area contributed by atoms with Gasteiger partial charge >= 0.3 is 33.6 Å². The van der Waals surface area contributed by atoms with E-state index in [4.69, 9.17) is 74.5 Å². The smallest absolute Gasteiger partial charge is 0.442 e. The second-order valence-corrected chi connectivity index (χ2v) is 16.2. The summed E-state index contributed by atoms with van der Waals surface area (Å²) in [6, 6.07) is 0. The van der Waals surface area contributed by atoms with Crippen LogP contribution in [0.15, 0.2) is 104 Å². The van der Waals surface area contributed by atoms with E-state index < -0.39 is 41.0 Å². The van der Waals surface area contributed by atoms with Crippen molar-refractivity contribution < 1.29 is 155 Å². The molecule has 6 rings (SSSR count). The zero-order valence-electron chi connectivity index (χ0n) is 40.2. The van der Waals surface area contributed by atoms with Crippen LogP contribution in [0.25, 0.3) is 0 Å². The average Bonchev–Trinajstić information content (AvgIpc) is 4.17. The van der Waals surface area contributed by atoms with Crippen molar-refractivity contribution in [2.75, 3.05) is 78.5 Å². The van der Waals surface area contributed by atoms with Gasteiger partial charge in [0.2, 0.25) is 0 Å². The summed E-state index contributed by atoms with van der Waals surface area (Å²) < 4.78 is 136. The van der Waals surface area contributed by atoms with E-state index in [2.05, 4.69) is 99.6 Å². The number of aliphatic imine (C=N–C) groups is 6. The summed E-state index contributed by atoms with van der Waals surface area (Å²) in [6.07, 6.45) is 30.9.